The molecule has 166 valence electrons. The molecule has 9 heteroatoms. The predicted molar refractivity (Wildman–Crippen MR) is 117 cm³/mol. The fraction of sp³-hybridized carbons (Fsp3) is 0.409. The van der Waals surface area contributed by atoms with E-state index >= 15 is 0 Å². The summed E-state index contributed by atoms with van der Waals surface area (Å²) in [7, 11) is -0.484. The number of nitrogens with zero attached hydrogens (tertiary/aromatic N) is 1. The van der Waals surface area contributed by atoms with Crippen molar-refractivity contribution in [2.45, 2.75) is 36.2 Å². The van der Waals surface area contributed by atoms with Crippen LogP contribution >= 0.6 is 0 Å². The minimum absolute atomic E-state index is 0.0680. The summed E-state index contributed by atoms with van der Waals surface area (Å²) in [5.74, 6) is 1.43. The molecule has 2 aliphatic rings. The second-order valence-corrected chi connectivity index (χ2v) is 9.56. The van der Waals surface area contributed by atoms with Crippen molar-refractivity contribution in [2.75, 3.05) is 32.6 Å². The number of methoxy groups -OCH3 is 2. The lowest BCUT2D eigenvalue weighted by Crippen LogP contribution is -2.62. The lowest BCUT2D eigenvalue weighted by molar-refractivity contribution is -0.132. The number of carbonyl (C=O) groups excluding carboxylic acids is 1. The van der Waals surface area contributed by atoms with Crippen LogP contribution in [-0.4, -0.2) is 52.2 Å². The van der Waals surface area contributed by atoms with E-state index in [1.807, 2.05) is 29.2 Å². The molecule has 0 atom stereocenters. The summed E-state index contributed by atoms with van der Waals surface area (Å²) in [6, 6.07) is 12.6. The number of carbonyl (C=O) groups is 1. The Labute approximate surface area is 182 Å². The van der Waals surface area contributed by atoms with Gasteiger partial charge in [0, 0.05) is 38.4 Å². The van der Waals surface area contributed by atoms with Crippen LogP contribution in [0.5, 0.6) is 11.5 Å². The molecule has 0 aromatic heterocycles. The Hall–Kier alpha value is -2.78. The number of rotatable bonds is 5. The number of amides is 1. The molecule has 2 aromatic rings. The Kier molecular flexibility index (Phi) is 5.81. The summed E-state index contributed by atoms with van der Waals surface area (Å²) in [4.78, 5) is 14.7. The third-order valence-electron chi connectivity index (χ3n) is 5.91. The van der Waals surface area contributed by atoms with Gasteiger partial charge in [0.05, 0.1) is 19.9 Å². The van der Waals surface area contributed by atoms with Gasteiger partial charge in [0.25, 0.3) is 0 Å². The molecule has 0 radical (unpaired) electrons. The van der Waals surface area contributed by atoms with Gasteiger partial charge in [-0.2, -0.15) is 4.72 Å². The predicted octanol–water partition coefficient (Wildman–Crippen LogP) is 2.36. The molecule has 0 aliphatic carbocycles. The number of aryl methyl sites for hydroxylation is 1. The van der Waals surface area contributed by atoms with Crippen molar-refractivity contribution in [1.82, 2.24) is 9.62 Å². The Morgan fingerprint density at radius 2 is 1.77 bits per heavy atom. The highest BCUT2D eigenvalue weighted by Crippen LogP contribution is 2.37. The van der Waals surface area contributed by atoms with Crippen LogP contribution in [0.2, 0.25) is 0 Å². The number of ether oxygens (including phenoxy) is 2. The Bertz CT molecular complexity index is 1080. The highest BCUT2D eigenvalue weighted by atomic mass is 32.2. The van der Waals surface area contributed by atoms with Crippen molar-refractivity contribution in [3.05, 3.63) is 48.0 Å². The molecule has 2 N–H and O–H groups in total. The fourth-order valence-electron chi connectivity index (χ4n) is 4.17. The van der Waals surface area contributed by atoms with Gasteiger partial charge in [0.1, 0.15) is 22.1 Å². The molecule has 2 aromatic carbocycles. The van der Waals surface area contributed by atoms with Crippen LogP contribution in [0.4, 0.5) is 5.69 Å². The summed E-state index contributed by atoms with van der Waals surface area (Å²) in [5.41, 5.74) is 0.770. The van der Waals surface area contributed by atoms with E-state index in [4.69, 9.17) is 9.47 Å². The minimum atomic E-state index is -3.65. The first kappa shape index (κ1) is 21.5. The van der Waals surface area contributed by atoms with Crippen molar-refractivity contribution in [1.29, 1.82) is 0 Å². The molecule has 1 spiro atoms. The third kappa shape index (κ3) is 4.47. The van der Waals surface area contributed by atoms with E-state index in [1.165, 1.54) is 6.07 Å². The van der Waals surface area contributed by atoms with Gasteiger partial charge in [0.2, 0.25) is 15.9 Å². The topological polar surface area (TPSA) is 97.0 Å². The second kappa shape index (κ2) is 8.39. The van der Waals surface area contributed by atoms with E-state index in [0.29, 0.717) is 50.2 Å². The first-order chi connectivity index (χ1) is 14.8. The third-order valence-corrected chi connectivity index (χ3v) is 7.51. The van der Waals surface area contributed by atoms with E-state index < -0.39 is 15.7 Å². The molecular weight excluding hydrogens is 418 g/mol. The number of anilines is 1. The molecule has 0 unspecified atom stereocenters. The molecule has 1 fully saturated rings. The van der Waals surface area contributed by atoms with Crippen LogP contribution in [0, 0.1) is 0 Å². The summed E-state index contributed by atoms with van der Waals surface area (Å²) in [6.07, 6.45) is 2.00. The zero-order chi connectivity index (χ0) is 22.1. The SMILES string of the molecule is COc1cccc(CCC(=O)N2CCC3(CC2)Nc2cc(OC)ccc2S(=O)(=O)N3)c1. The first-order valence-corrected chi connectivity index (χ1v) is 11.7. The molecule has 1 saturated heterocycles. The average Bonchev–Trinajstić information content (AvgIpc) is 2.77. The van der Waals surface area contributed by atoms with Gasteiger partial charge in [-0.05, 0) is 36.2 Å². The molecule has 0 saturated carbocycles. The average molecular weight is 446 g/mol. The lowest BCUT2D eigenvalue weighted by Gasteiger charge is -2.45. The Balaban J connectivity index is 1.40. The van der Waals surface area contributed by atoms with Crippen LogP contribution in [0.1, 0.15) is 24.8 Å². The van der Waals surface area contributed by atoms with E-state index in [1.54, 1.807) is 26.4 Å². The van der Waals surface area contributed by atoms with Crippen LogP contribution in [0.15, 0.2) is 47.4 Å². The van der Waals surface area contributed by atoms with Crippen molar-refractivity contribution in [3.8, 4) is 11.5 Å². The zero-order valence-corrected chi connectivity index (χ0v) is 18.5. The number of nitrogens with one attached hydrogen (secondary N) is 2. The summed E-state index contributed by atoms with van der Waals surface area (Å²) >= 11 is 0. The molecule has 0 bridgehead atoms. The fourth-order valence-corrected chi connectivity index (χ4v) is 5.69. The number of hydrogen-bond acceptors (Lipinski definition) is 6. The largest absolute Gasteiger partial charge is 0.497 e. The minimum Gasteiger partial charge on any atom is -0.497 e. The van der Waals surface area contributed by atoms with Gasteiger partial charge in [0.15, 0.2) is 0 Å². The molecular formula is C22H27N3O5S. The van der Waals surface area contributed by atoms with Crippen molar-refractivity contribution < 1.29 is 22.7 Å². The number of benzene rings is 2. The monoisotopic (exact) mass is 445 g/mol. The molecule has 1 amide bonds. The normalized spacial score (nSPS) is 18.7. The van der Waals surface area contributed by atoms with Crippen molar-refractivity contribution in [3.63, 3.8) is 0 Å². The molecule has 2 aliphatic heterocycles. The first-order valence-electron chi connectivity index (χ1n) is 10.3. The van der Waals surface area contributed by atoms with Gasteiger partial charge in [-0.15, -0.1) is 0 Å². The maximum Gasteiger partial charge on any atom is 0.244 e. The van der Waals surface area contributed by atoms with Gasteiger partial charge in [-0.3, -0.25) is 4.79 Å². The standard InChI is InChI=1S/C22H27N3O5S/c1-29-17-5-3-4-16(14-17)6-9-21(26)25-12-10-22(11-13-25)23-19-15-18(30-2)7-8-20(19)31(27,28)24-22/h3-5,7-8,14-15,23-24H,6,9-13H2,1-2H3. The maximum atomic E-state index is 12.8. The maximum absolute atomic E-state index is 12.8. The van der Waals surface area contributed by atoms with Crippen LogP contribution in [0.3, 0.4) is 0 Å². The number of likely N-dealkylation sites (tertiary alicyclic amines) is 1. The number of sulfonamides is 1. The summed E-state index contributed by atoms with van der Waals surface area (Å²) in [5, 5.41) is 3.35. The molecule has 2 heterocycles. The van der Waals surface area contributed by atoms with Gasteiger partial charge < -0.3 is 19.7 Å². The van der Waals surface area contributed by atoms with E-state index in [9.17, 15) is 13.2 Å². The zero-order valence-electron chi connectivity index (χ0n) is 17.7. The number of hydrogen-bond donors (Lipinski definition) is 2. The van der Waals surface area contributed by atoms with Gasteiger partial charge >= 0.3 is 0 Å². The molecule has 31 heavy (non-hydrogen) atoms. The van der Waals surface area contributed by atoms with Crippen molar-refractivity contribution in [2.24, 2.45) is 0 Å². The highest BCUT2D eigenvalue weighted by Gasteiger charge is 2.43. The van der Waals surface area contributed by atoms with Crippen LogP contribution in [-0.2, 0) is 21.2 Å². The Morgan fingerprint density at radius 3 is 2.48 bits per heavy atom. The lowest BCUT2D eigenvalue weighted by atomic mass is 9.96. The number of piperidine rings is 1. The van der Waals surface area contributed by atoms with Crippen LogP contribution < -0.4 is 19.5 Å². The van der Waals surface area contributed by atoms with E-state index in [0.717, 1.165) is 11.3 Å². The van der Waals surface area contributed by atoms with Gasteiger partial charge in [-0.1, -0.05) is 12.1 Å². The summed E-state index contributed by atoms with van der Waals surface area (Å²) < 4.78 is 38.8. The smallest absolute Gasteiger partial charge is 0.244 e. The van der Waals surface area contributed by atoms with E-state index in [-0.39, 0.29) is 10.8 Å². The highest BCUT2D eigenvalue weighted by molar-refractivity contribution is 7.89. The van der Waals surface area contributed by atoms with Gasteiger partial charge in [-0.25, -0.2) is 8.42 Å². The Morgan fingerprint density at radius 1 is 1.06 bits per heavy atom. The quantitative estimate of drug-likeness (QED) is 0.733. The summed E-state index contributed by atoms with van der Waals surface area (Å²) in [6.45, 7) is 0.956. The second-order valence-electron chi connectivity index (χ2n) is 7.91. The molecule has 4 rings (SSSR count). The number of fused-ring (bicyclic) bond motifs is 1. The van der Waals surface area contributed by atoms with Crippen LogP contribution in [0.25, 0.3) is 0 Å². The van der Waals surface area contributed by atoms with E-state index in [2.05, 4.69) is 10.0 Å². The van der Waals surface area contributed by atoms with Crippen molar-refractivity contribution >= 4 is 21.6 Å². The molecule has 8 nitrogen and oxygen atoms in total.